The second kappa shape index (κ2) is 3.93. The summed E-state index contributed by atoms with van der Waals surface area (Å²) in [6.07, 6.45) is 0. The van der Waals surface area contributed by atoms with Crippen molar-refractivity contribution in [2.75, 3.05) is 4.72 Å². The average Bonchev–Trinajstić information content (AvgIpc) is 2.45. The van der Waals surface area contributed by atoms with Gasteiger partial charge in [-0.2, -0.15) is 0 Å². The van der Waals surface area contributed by atoms with Crippen LogP contribution in [-0.2, 0) is 10.0 Å². The predicted molar refractivity (Wildman–Crippen MR) is 71.9 cm³/mol. The fraction of sp³-hybridized carbons (Fsp3) is 0.0714. The van der Waals surface area contributed by atoms with Gasteiger partial charge in [0.15, 0.2) is 5.78 Å². The zero-order valence-corrected chi connectivity index (χ0v) is 11.0. The van der Waals surface area contributed by atoms with Gasteiger partial charge in [0.25, 0.3) is 10.0 Å². The fourth-order valence-corrected chi connectivity index (χ4v) is 3.45. The van der Waals surface area contributed by atoms with E-state index in [1.807, 2.05) is 6.92 Å². The van der Waals surface area contributed by atoms with E-state index in [0.29, 0.717) is 11.3 Å². The zero-order chi connectivity index (χ0) is 13.6. The number of nitrogens with one attached hydrogen (secondary N) is 1. The summed E-state index contributed by atoms with van der Waals surface area (Å²) in [6.45, 7) is 1.84. The Labute approximate surface area is 111 Å². The van der Waals surface area contributed by atoms with E-state index in [1.165, 1.54) is 12.1 Å². The summed E-state index contributed by atoms with van der Waals surface area (Å²) in [5.74, 6) is -0.279. The molecule has 96 valence electrons. The molecule has 4 nitrogen and oxygen atoms in total. The molecule has 0 spiro atoms. The molecule has 0 radical (unpaired) electrons. The van der Waals surface area contributed by atoms with Crippen molar-refractivity contribution < 1.29 is 13.2 Å². The number of rotatable bonds is 0. The molecule has 1 heterocycles. The van der Waals surface area contributed by atoms with Crippen molar-refractivity contribution in [2.45, 2.75) is 11.8 Å². The lowest BCUT2D eigenvalue weighted by Gasteiger charge is -2.07. The standard InChI is InChI=1S/C14H11NO3S/c1-9-6-7-10-12(8-9)15-19(17,18)13-5-3-2-4-11(13)14(10)16/h2-8,15H,1H3. The van der Waals surface area contributed by atoms with E-state index in [-0.39, 0.29) is 16.2 Å². The molecule has 0 atom stereocenters. The Morgan fingerprint density at radius 1 is 1.00 bits per heavy atom. The molecule has 0 saturated heterocycles. The van der Waals surface area contributed by atoms with Crippen LogP contribution >= 0.6 is 0 Å². The molecular formula is C14H11NO3S. The third-order valence-corrected chi connectivity index (χ3v) is 4.51. The number of anilines is 1. The number of ketones is 1. The molecule has 2 aromatic rings. The fourth-order valence-electron chi connectivity index (χ4n) is 2.17. The summed E-state index contributed by atoms with van der Waals surface area (Å²) >= 11 is 0. The minimum Gasteiger partial charge on any atom is -0.288 e. The van der Waals surface area contributed by atoms with Gasteiger partial charge in [-0.25, -0.2) is 8.42 Å². The van der Waals surface area contributed by atoms with Crippen molar-refractivity contribution in [3.63, 3.8) is 0 Å². The summed E-state index contributed by atoms with van der Waals surface area (Å²) in [6, 6.07) is 11.3. The summed E-state index contributed by atoms with van der Waals surface area (Å²) in [5.41, 5.74) is 1.80. The largest absolute Gasteiger partial charge is 0.288 e. The molecule has 1 aliphatic heterocycles. The smallest absolute Gasteiger partial charge is 0.262 e. The van der Waals surface area contributed by atoms with Crippen molar-refractivity contribution in [3.05, 3.63) is 59.2 Å². The Morgan fingerprint density at radius 2 is 1.74 bits per heavy atom. The van der Waals surface area contributed by atoms with Gasteiger partial charge in [-0.15, -0.1) is 0 Å². The van der Waals surface area contributed by atoms with Gasteiger partial charge in [-0.05, 0) is 36.8 Å². The number of carbonyl (C=O) groups excluding carboxylic acids is 1. The minimum absolute atomic E-state index is 0.0221. The number of carbonyl (C=O) groups is 1. The molecule has 1 N–H and O–H groups in total. The Hall–Kier alpha value is -2.14. The summed E-state index contributed by atoms with van der Waals surface area (Å²) < 4.78 is 27.0. The monoisotopic (exact) mass is 273 g/mol. The van der Waals surface area contributed by atoms with Crippen molar-refractivity contribution in [3.8, 4) is 0 Å². The van der Waals surface area contributed by atoms with Crippen molar-refractivity contribution >= 4 is 21.5 Å². The van der Waals surface area contributed by atoms with Crippen molar-refractivity contribution in [2.24, 2.45) is 0 Å². The van der Waals surface area contributed by atoms with E-state index in [4.69, 9.17) is 0 Å². The van der Waals surface area contributed by atoms with Gasteiger partial charge < -0.3 is 0 Å². The first-order chi connectivity index (χ1) is 8.99. The van der Waals surface area contributed by atoms with E-state index in [0.717, 1.165) is 5.56 Å². The molecule has 2 aromatic carbocycles. The van der Waals surface area contributed by atoms with Crippen LogP contribution in [-0.4, -0.2) is 14.2 Å². The number of sulfonamides is 1. The highest BCUT2D eigenvalue weighted by molar-refractivity contribution is 7.92. The zero-order valence-electron chi connectivity index (χ0n) is 10.2. The topological polar surface area (TPSA) is 63.2 Å². The molecule has 3 rings (SSSR count). The highest BCUT2D eigenvalue weighted by Crippen LogP contribution is 2.30. The van der Waals surface area contributed by atoms with Crippen LogP contribution < -0.4 is 4.72 Å². The van der Waals surface area contributed by atoms with E-state index in [2.05, 4.69) is 4.72 Å². The molecule has 0 saturated carbocycles. The number of benzene rings is 2. The predicted octanol–water partition coefficient (Wildman–Crippen LogP) is 2.34. The average molecular weight is 273 g/mol. The first kappa shape index (κ1) is 11.9. The van der Waals surface area contributed by atoms with Gasteiger partial charge in [0.2, 0.25) is 0 Å². The minimum atomic E-state index is -3.71. The molecule has 0 amide bonds. The summed E-state index contributed by atoms with van der Waals surface area (Å²) in [5, 5.41) is 0. The molecule has 1 aliphatic rings. The summed E-state index contributed by atoms with van der Waals surface area (Å²) in [4.78, 5) is 12.4. The van der Waals surface area contributed by atoms with Crippen molar-refractivity contribution in [1.29, 1.82) is 0 Å². The Bertz CT molecular complexity index is 794. The highest BCUT2D eigenvalue weighted by atomic mass is 32.2. The SMILES string of the molecule is Cc1ccc2c(c1)NS(=O)(=O)c1ccccc1C2=O. The maximum absolute atomic E-state index is 12.4. The molecule has 0 unspecified atom stereocenters. The molecule has 0 bridgehead atoms. The van der Waals surface area contributed by atoms with E-state index >= 15 is 0 Å². The number of hydrogen-bond donors (Lipinski definition) is 1. The molecule has 19 heavy (non-hydrogen) atoms. The summed E-state index contributed by atoms with van der Waals surface area (Å²) in [7, 11) is -3.71. The van der Waals surface area contributed by atoms with Crippen LogP contribution in [0.1, 0.15) is 21.5 Å². The molecule has 0 aromatic heterocycles. The van der Waals surface area contributed by atoms with Crippen LogP contribution in [0.25, 0.3) is 0 Å². The Morgan fingerprint density at radius 3 is 2.53 bits per heavy atom. The van der Waals surface area contributed by atoms with Gasteiger partial charge in [0.1, 0.15) is 0 Å². The third-order valence-electron chi connectivity index (χ3n) is 3.09. The molecule has 0 fully saturated rings. The lowest BCUT2D eigenvalue weighted by atomic mass is 10.0. The van der Waals surface area contributed by atoms with Gasteiger partial charge >= 0.3 is 0 Å². The molecule has 5 heteroatoms. The first-order valence-corrected chi connectivity index (χ1v) is 7.24. The third kappa shape index (κ3) is 1.82. The highest BCUT2D eigenvalue weighted by Gasteiger charge is 2.29. The maximum Gasteiger partial charge on any atom is 0.262 e. The quantitative estimate of drug-likeness (QED) is 0.801. The van der Waals surface area contributed by atoms with Gasteiger partial charge in [-0.3, -0.25) is 9.52 Å². The molecular weight excluding hydrogens is 262 g/mol. The van der Waals surface area contributed by atoms with Gasteiger partial charge in [0, 0.05) is 11.1 Å². The first-order valence-electron chi connectivity index (χ1n) is 5.76. The van der Waals surface area contributed by atoms with Crippen LogP contribution in [0.15, 0.2) is 47.4 Å². The second-order valence-corrected chi connectivity index (χ2v) is 6.13. The normalized spacial score (nSPS) is 15.9. The van der Waals surface area contributed by atoms with E-state index in [9.17, 15) is 13.2 Å². The lowest BCUT2D eigenvalue weighted by molar-refractivity contribution is 0.103. The maximum atomic E-state index is 12.4. The number of fused-ring (bicyclic) bond motifs is 2. The Kier molecular flexibility index (Phi) is 2.46. The van der Waals surface area contributed by atoms with Crippen LogP contribution in [0.2, 0.25) is 0 Å². The van der Waals surface area contributed by atoms with Crippen molar-refractivity contribution in [1.82, 2.24) is 0 Å². The molecule has 0 aliphatic carbocycles. The van der Waals surface area contributed by atoms with E-state index in [1.54, 1.807) is 30.3 Å². The van der Waals surface area contributed by atoms with Crippen LogP contribution in [0.3, 0.4) is 0 Å². The second-order valence-electron chi connectivity index (χ2n) is 4.48. The van der Waals surface area contributed by atoms with Gasteiger partial charge in [-0.1, -0.05) is 18.2 Å². The Balaban J connectivity index is 2.37. The van der Waals surface area contributed by atoms with Crippen LogP contribution in [0.4, 0.5) is 5.69 Å². The lowest BCUT2D eigenvalue weighted by Crippen LogP contribution is -2.13. The van der Waals surface area contributed by atoms with Crippen LogP contribution in [0.5, 0.6) is 0 Å². The van der Waals surface area contributed by atoms with Crippen LogP contribution in [0, 0.1) is 6.92 Å². The van der Waals surface area contributed by atoms with Gasteiger partial charge in [0.05, 0.1) is 10.6 Å². The number of aryl methyl sites for hydroxylation is 1. The number of hydrogen-bond acceptors (Lipinski definition) is 3. The van der Waals surface area contributed by atoms with E-state index < -0.39 is 10.0 Å².